The van der Waals surface area contributed by atoms with Gasteiger partial charge in [-0.05, 0) is 23.8 Å². The number of benzene rings is 1. The van der Waals surface area contributed by atoms with Gasteiger partial charge in [-0.15, -0.1) is 6.42 Å². The van der Waals surface area contributed by atoms with Gasteiger partial charge in [-0.25, -0.2) is 0 Å². The molecule has 0 aliphatic heterocycles. The molecule has 0 radical (unpaired) electrons. The molecule has 1 rings (SSSR count). The van der Waals surface area contributed by atoms with Gasteiger partial charge < -0.3 is 4.74 Å². The van der Waals surface area contributed by atoms with Gasteiger partial charge in [0.25, 0.3) is 0 Å². The second kappa shape index (κ2) is 4.91. The predicted molar refractivity (Wildman–Crippen MR) is 55.1 cm³/mol. The summed E-state index contributed by atoms with van der Waals surface area (Å²) in [6.45, 7) is 0. The number of alkyl halides is 3. The molecular formula is C12H9F3O2. The quantitative estimate of drug-likeness (QED) is 0.588. The summed E-state index contributed by atoms with van der Waals surface area (Å²) in [5.74, 6) is 1.59. The van der Waals surface area contributed by atoms with Crippen LogP contribution >= 0.6 is 0 Å². The first-order valence-electron chi connectivity index (χ1n) is 4.62. The average molecular weight is 242 g/mol. The SMILES string of the molecule is C#Cc1ccc(C(F)(F)F)cc1CC(=O)OC. The highest BCUT2D eigenvalue weighted by Gasteiger charge is 2.31. The Morgan fingerprint density at radius 1 is 1.47 bits per heavy atom. The van der Waals surface area contributed by atoms with Gasteiger partial charge in [0.05, 0.1) is 19.1 Å². The molecule has 0 unspecified atom stereocenters. The van der Waals surface area contributed by atoms with Crippen LogP contribution < -0.4 is 0 Å². The first kappa shape index (κ1) is 13.1. The van der Waals surface area contributed by atoms with Gasteiger partial charge in [0, 0.05) is 5.56 Å². The number of hydrogen-bond donors (Lipinski definition) is 0. The molecule has 0 N–H and O–H groups in total. The zero-order chi connectivity index (χ0) is 13.1. The molecular weight excluding hydrogens is 233 g/mol. The highest BCUT2D eigenvalue weighted by atomic mass is 19.4. The Kier molecular flexibility index (Phi) is 3.79. The summed E-state index contributed by atoms with van der Waals surface area (Å²) in [6, 6.07) is 2.92. The maximum atomic E-state index is 12.5. The van der Waals surface area contributed by atoms with E-state index < -0.39 is 17.7 Å². The predicted octanol–water partition coefficient (Wildman–Crippen LogP) is 2.40. The monoisotopic (exact) mass is 242 g/mol. The minimum absolute atomic E-state index is 0.133. The van der Waals surface area contributed by atoms with Crippen LogP contribution in [0.15, 0.2) is 18.2 Å². The summed E-state index contributed by atoms with van der Waals surface area (Å²) >= 11 is 0. The first-order valence-corrected chi connectivity index (χ1v) is 4.62. The molecule has 2 nitrogen and oxygen atoms in total. The summed E-state index contributed by atoms with van der Waals surface area (Å²) in [4.78, 5) is 11.0. The maximum absolute atomic E-state index is 12.5. The van der Waals surface area contributed by atoms with Crippen LogP contribution in [-0.2, 0) is 22.1 Å². The molecule has 0 saturated carbocycles. The maximum Gasteiger partial charge on any atom is 0.416 e. The van der Waals surface area contributed by atoms with E-state index in [1.165, 1.54) is 6.07 Å². The summed E-state index contributed by atoms with van der Waals surface area (Å²) in [5, 5.41) is 0. The number of halogens is 3. The molecule has 17 heavy (non-hydrogen) atoms. The number of hydrogen-bond acceptors (Lipinski definition) is 2. The van der Waals surface area contributed by atoms with E-state index in [1.54, 1.807) is 0 Å². The Balaban J connectivity index is 3.17. The Morgan fingerprint density at radius 3 is 2.59 bits per heavy atom. The van der Waals surface area contributed by atoms with Gasteiger partial charge in [0.15, 0.2) is 0 Å². The number of carbonyl (C=O) groups is 1. The second-order valence-corrected chi connectivity index (χ2v) is 3.27. The number of rotatable bonds is 2. The lowest BCUT2D eigenvalue weighted by molar-refractivity contribution is -0.140. The zero-order valence-electron chi connectivity index (χ0n) is 8.97. The van der Waals surface area contributed by atoms with E-state index in [4.69, 9.17) is 6.42 Å². The van der Waals surface area contributed by atoms with Crippen LogP contribution in [-0.4, -0.2) is 13.1 Å². The summed E-state index contributed by atoms with van der Waals surface area (Å²) in [5.41, 5.74) is -0.451. The van der Waals surface area contributed by atoms with Gasteiger partial charge in [-0.1, -0.05) is 5.92 Å². The van der Waals surface area contributed by atoms with E-state index in [-0.39, 0.29) is 17.5 Å². The van der Waals surface area contributed by atoms with Crippen molar-refractivity contribution in [3.63, 3.8) is 0 Å². The van der Waals surface area contributed by atoms with Crippen molar-refractivity contribution >= 4 is 5.97 Å². The van der Waals surface area contributed by atoms with Gasteiger partial charge in [-0.2, -0.15) is 13.2 Å². The third-order valence-electron chi connectivity index (χ3n) is 2.15. The molecule has 0 bridgehead atoms. The number of terminal acetylenes is 1. The van der Waals surface area contributed by atoms with Gasteiger partial charge in [-0.3, -0.25) is 4.79 Å². The van der Waals surface area contributed by atoms with Crippen molar-refractivity contribution in [3.05, 3.63) is 34.9 Å². The largest absolute Gasteiger partial charge is 0.469 e. The third kappa shape index (κ3) is 3.25. The third-order valence-corrected chi connectivity index (χ3v) is 2.15. The molecule has 90 valence electrons. The zero-order valence-corrected chi connectivity index (χ0v) is 8.97. The van der Waals surface area contributed by atoms with Crippen LogP contribution in [0.1, 0.15) is 16.7 Å². The van der Waals surface area contributed by atoms with Crippen molar-refractivity contribution in [3.8, 4) is 12.3 Å². The van der Waals surface area contributed by atoms with Crippen molar-refractivity contribution in [1.29, 1.82) is 0 Å². The lowest BCUT2D eigenvalue weighted by Gasteiger charge is -2.10. The summed E-state index contributed by atoms with van der Waals surface area (Å²) < 4.78 is 41.8. The fourth-order valence-electron chi connectivity index (χ4n) is 1.28. The van der Waals surface area contributed by atoms with E-state index in [9.17, 15) is 18.0 Å². The second-order valence-electron chi connectivity index (χ2n) is 3.27. The fourth-order valence-corrected chi connectivity index (χ4v) is 1.28. The van der Waals surface area contributed by atoms with E-state index in [0.717, 1.165) is 19.2 Å². The molecule has 5 heteroatoms. The first-order chi connectivity index (χ1) is 7.88. The van der Waals surface area contributed by atoms with Crippen molar-refractivity contribution in [1.82, 2.24) is 0 Å². The Hall–Kier alpha value is -1.96. The standard InChI is InChI=1S/C12H9F3O2/c1-3-8-4-5-10(12(13,14)15)6-9(8)7-11(16)17-2/h1,4-6H,7H2,2H3. The van der Waals surface area contributed by atoms with Crippen LogP contribution in [0, 0.1) is 12.3 Å². The Labute approximate surface area is 96.4 Å². The highest BCUT2D eigenvalue weighted by Crippen LogP contribution is 2.30. The number of carbonyl (C=O) groups excluding carboxylic acids is 1. The normalized spacial score (nSPS) is 10.8. The number of esters is 1. The number of ether oxygens (including phenoxy) is 1. The molecule has 0 spiro atoms. The van der Waals surface area contributed by atoms with E-state index in [0.29, 0.717) is 0 Å². The Morgan fingerprint density at radius 2 is 2.12 bits per heavy atom. The summed E-state index contributed by atoms with van der Waals surface area (Å²) in [6.07, 6.45) is 0.405. The molecule has 0 amide bonds. The van der Waals surface area contributed by atoms with Gasteiger partial charge >= 0.3 is 12.1 Å². The van der Waals surface area contributed by atoms with E-state index >= 15 is 0 Å². The fraction of sp³-hybridized carbons (Fsp3) is 0.250. The van der Waals surface area contributed by atoms with Gasteiger partial charge in [0.1, 0.15) is 0 Å². The minimum atomic E-state index is -4.46. The van der Waals surface area contributed by atoms with Crippen molar-refractivity contribution in [2.45, 2.75) is 12.6 Å². The smallest absolute Gasteiger partial charge is 0.416 e. The van der Waals surface area contributed by atoms with Crippen molar-refractivity contribution in [2.75, 3.05) is 7.11 Å². The van der Waals surface area contributed by atoms with Crippen LogP contribution in [0.3, 0.4) is 0 Å². The average Bonchev–Trinajstić information content (AvgIpc) is 2.27. The highest BCUT2D eigenvalue weighted by molar-refractivity contribution is 5.73. The molecule has 0 heterocycles. The lowest BCUT2D eigenvalue weighted by Crippen LogP contribution is -2.10. The molecule has 0 aliphatic carbocycles. The molecule has 0 atom stereocenters. The lowest BCUT2D eigenvalue weighted by atomic mass is 10.0. The van der Waals surface area contributed by atoms with E-state index in [2.05, 4.69) is 10.7 Å². The van der Waals surface area contributed by atoms with Gasteiger partial charge in [0.2, 0.25) is 0 Å². The summed E-state index contributed by atoms with van der Waals surface area (Å²) in [7, 11) is 1.16. The molecule has 0 aromatic heterocycles. The molecule has 0 aliphatic rings. The van der Waals surface area contributed by atoms with Crippen LogP contribution in [0.4, 0.5) is 13.2 Å². The van der Waals surface area contributed by atoms with Crippen LogP contribution in [0.2, 0.25) is 0 Å². The van der Waals surface area contributed by atoms with Crippen LogP contribution in [0.25, 0.3) is 0 Å². The van der Waals surface area contributed by atoms with Crippen molar-refractivity contribution < 1.29 is 22.7 Å². The molecule has 1 aromatic rings. The molecule has 0 fully saturated rings. The van der Waals surface area contributed by atoms with Crippen LogP contribution in [0.5, 0.6) is 0 Å². The molecule has 0 saturated heterocycles. The van der Waals surface area contributed by atoms with Crippen molar-refractivity contribution in [2.24, 2.45) is 0 Å². The number of methoxy groups -OCH3 is 1. The molecule has 1 aromatic carbocycles. The van der Waals surface area contributed by atoms with E-state index in [1.807, 2.05) is 0 Å². The minimum Gasteiger partial charge on any atom is -0.469 e. The topological polar surface area (TPSA) is 26.3 Å². The Bertz CT molecular complexity index is 470.